The number of thiophene rings is 1. The van der Waals surface area contributed by atoms with Crippen LogP contribution in [0.4, 0.5) is 0 Å². The van der Waals surface area contributed by atoms with Gasteiger partial charge in [0.1, 0.15) is 0 Å². The molecule has 1 aromatic rings. The summed E-state index contributed by atoms with van der Waals surface area (Å²) in [6, 6.07) is 4.26. The third-order valence-corrected chi connectivity index (χ3v) is 4.60. The lowest BCUT2D eigenvalue weighted by atomic mass is 9.85. The molecule has 1 saturated carbocycles. The Morgan fingerprint density at radius 3 is 3.00 bits per heavy atom. The fourth-order valence-electron chi connectivity index (χ4n) is 2.59. The highest BCUT2D eigenvalue weighted by atomic mass is 32.1. The maximum absolute atomic E-state index is 11.9. The van der Waals surface area contributed by atoms with Gasteiger partial charge in [-0.15, -0.1) is 11.3 Å². The number of aliphatic hydroxyl groups excluding tert-OH is 1. The molecule has 0 bridgehead atoms. The van der Waals surface area contributed by atoms with E-state index in [4.69, 9.17) is 0 Å². The number of hydrogen-bond donors (Lipinski definition) is 2. The fraction of sp³-hybridized carbons (Fsp3) is 0.643. The highest BCUT2D eigenvalue weighted by Gasteiger charge is 2.25. The van der Waals surface area contributed by atoms with Gasteiger partial charge in [0.2, 0.25) is 5.91 Å². The fourth-order valence-corrected chi connectivity index (χ4v) is 3.30. The van der Waals surface area contributed by atoms with Crippen LogP contribution in [0.3, 0.4) is 0 Å². The second kappa shape index (κ2) is 6.90. The Labute approximate surface area is 112 Å². The van der Waals surface area contributed by atoms with Crippen molar-refractivity contribution >= 4 is 17.2 Å². The Bertz CT molecular complexity index is 364. The predicted molar refractivity (Wildman–Crippen MR) is 73.6 cm³/mol. The molecule has 2 rings (SSSR count). The minimum Gasteiger partial charge on any atom is -0.396 e. The second-order valence-electron chi connectivity index (χ2n) is 4.98. The van der Waals surface area contributed by atoms with Crippen LogP contribution >= 0.6 is 11.3 Å². The lowest BCUT2D eigenvalue weighted by Gasteiger charge is -2.30. The van der Waals surface area contributed by atoms with Gasteiger partial charge in [0, 0.05) is 29.9 Å². The van der Waals surface area contributed by atoms with Gasteiger partial charge in [-0.2, -0.15) is 0 Å². The molecule has 18 heavy (non-hydrogen) atoms. The Balaban J connectivity index is 1.75. The predicted octanol–water partition coefficient (Wildman–Crippen LogP) is 2.35. The minimum atomic E-state index is 0.119. The molecular weight excluding hydrogens is 246 g/mol. The molecule has 4 heteroatoms. The zero-order valence-electron chi connectivity index (χ0n) is 10.6. The molecule has 1 aliphatic rings. The summed E-state index contributed by atoms with van der Waals surface area (Å²) in [6.07, 6.45) is 5.75. The first kappa shape index (κ1) is 13.6. The molecule has 2 unspecified atom stereocenters. The summed E-state index contributed by atoms with van der Waals surface area (Å²) in [5.74, 6) is 0.373. The molecular formula is C14H21NO2S. The van der Waals surface area contributed by atoms with E-state index < -0.39 is 0 Å². The van der Waals surface area contributed by atoms with Crippen LogP contribution in [-0.2, 0) is 11.2 Å². The minimum absolute atomic E-state index is 0.119. The first-order valence-corrected chi connectivity index (χ1v) is 7.60. The number of aryl methyl sites for hydroxylation is 1. The van der Waals surface area contributed by atoms with Gasteiger partial charge in [-0.05, 0) is 30.7 Å². The lowest BCUT2D eigenvalue weighted by molar-refractivity contribution is -0.122. The summed E-state index contributed by atoms with van der Waals surface area (Å²) in [4.78, 5) is 13.1. The summed E-state index contributed by atoms with van der Waals surface area (Å²) < 4.78 is 0. The molecule has 1 aliphatic carbocycles. The molecule has 100 valence electrons. The number of carbonyl (C=O) groups excluding carboxylic acids is 1. The van der Waals surface area contributed by atoms with Crippen molar-refractivity contribution in [1.29, 1.82) is 0 Å². The van der Waals surface area contributed by atoms with Crippen molar-refractivity contribution < 1.29 is 9.90 Å². The van der Waals surface area contributed by atoms with Crippen molar-refractivity contribution in [3.63, 3.8) is 0 Å². The highest BCUT2D eigenvalue weighted by molar-refractivity contribution is 7.09. The van der Waals surface area contributed by atoms with E-state index in [0.717, 1.165) is 25.7 Å². The van der Waals surface area contributed by atoms with Gasteiger partial charge in [0.25, 0.3) is 0 Å². The van der Waals surface area contributed by atoms with Gasteiger partial charge in [0.15, 0.2) is 0 Å². The summed E-state index contributed by atoms with van der Waals surface area (Å²) in [6.45, 7) is 0.190. The molecule has 0 aromatic carbocycles. The van der Waals surface area contributed by atoms with Crippen molar-refractivity contribution in [2.45, 2.75) is 44.6 Å². The van der Waals surface area contributed by atoms with E-state index in [9.17, 15) is 9.90 Å². The van der Waals surface area contributed by atoms with Crippen LogP contribution in [0.5, 0.6) is 0 Å². The second-order valence-corrected chi connectivity index (χ2v) is 6.01. The summed E-state index contributed by atoms with van der Waals surface area (Å²) >= 11 is 1.70. The van der Waals surface area contributed by atoms with Crippen LogP contribution in [0, 0.1) is 5.92 Å². The molecule has 3 nitrogen and oxygen atoms in total. The number of amides is 1. The zero-order valence-corrected chi connectivity index (χ0v) is 11.4. The van der Waals surface area contributed by atoms with Crippen LogP contribution in [0.1, 0.15) is 37.0 Å². The van der Waals surface area contributed by atoms with E-state index in [1.54, 1.807) is 11.3 Å². The highest BCUT2D eigenvalue weighted by Crippen LogP contribution is 2.24. The summed E-state index contributed by atoms with van der Waals surface area (Å²) in [7, 11) is 0. The zero-order chi connectivity index (χ0) is 12.8. The first-order chi connectivity index (χ1) is 8.79. The van der Waals surface area contributed by atoms with Crippen LogP contribution < -0.4 is 5.32 Å². The van der Waals surface area contributed by atoms with Crippen LogP contribution in [0.15, 0.2) is 17.5 Å². The van der Waals surface area contributed by atoms with E-state index in [1.165, 1.54) is 11.3 Å². The molecule has 0 spiro atoms. The maximum Gasteiger partial charge on any atom is 0.220 e. The first-order valence-electron chi connectivity index (χ1n) is 6.72. The average molecular weight is 267 g/mol. The third-order valence-electron chi connectivity index (χ3n) is 3.67. The number of hydrogen-bond acceptors (Lipinski definition) is 3. The lowest BCUT2D eigenvalue weighted by Crippen LogP contribution is -2.43. The van der Waals surface area contributed by atoms with E-state index in [0.29, 0.717) is 6.42 Å². The monoisotopic (exact) mass is 267 g/mol. The SMILES string of the molecule is O=C(CCc1cccs1)NC1CCCCC1CO. The van der Waals surface area contributed by atoms with Gasteiger partial charge in [-0.3, -0.25) is 4.79 Å². The molecule has 2 N–H and O–H groups in total. The molecule has 0 saturated heterocycles. The Morgan fingerprint density at radius 2 is 2.28 bits per heavy atom. The van der Waals surface area contributed by atoms with E-state index in [-0.39, 0.29) is 24.5 Å². The van der Waals surface area contributed by atoms with E-state index in [2.05, 4.69) is 11.4 Å². The number of nitrogens with one attached hydrogen (secondary N) is 1. The van der Waals surface area contributed by atoms with Gasteiger partial charge in [0.05, 0.1) is 0 Å². The standard InChI is InChI=1S/C14H21NO2S/c16-10-11-4-1-2-6-13(11)15-14(17)8-7-12-5-3-9-18-12/h3,5,9,11,13,16H,1-2,4,6-8,10H2,(H,15,17). The van der Waals surface area contributed by atoms with Crippen LogP contribution in [-0.4, -0.2) is 23.7 Å². The Hall–Kier alpha value is -0.870. The smallest absolute Gasteiger partial charge is 0.220 e. The quantitative estimate of drug-likeness (QED) is 0.860. The van der Waals surface area contributed by atoms with Crippen LogP contribution in [0.2, 0.25) is 0 Å². The Kier molecular flexibility index (Phi) is 5.20. The molecule has 2 atom stereocenters. The normalized spacial score (nSPS) is 23.8. The molecule has 1 fully saturated rings. The summed E-state index contributed by atoms with van der Waals surface area (Å²) in [5.41, 5.74) is 0. The molecule has 1 amide bonds. The van der Waals surface area contributed by atoms with Crippen molar-refractivity contribution in [3.8, 4) is 0 Å². The van der Waals surface area contributed by atoms with Crippen molar-refractivity contribution in [3.05, 3.63) is 22.4 Å². The topological polar surface area (TPSA) is 49.3 Å². The van der Waals surface area contributed by atoms with Crippen LogP contribution in [0.25, 0.3) is 0 Å². The Morgan fingerprint density at radius 1 is 1.44 bits per heavy atom. The van der Waals surface area contributed by atoms with Crippen molar-refractivity contribution in [2.75, 3.05) is 6.61 Å². The van der Waals surface area contributed by atoms with Gasteiger partial charge < -0.3 is 10.4 Å². The third kappa shape index (κ3) is 3.82. The molecule has 0 aliphatic heterocycles. The van der Waals surface area contributed by atoms with Gasteiger partial charge >= 0.3 is 0 Å². The molecule has 0 radical (unpaired) electrons. The van der Waals surface area contributed by atoms with Gasteiger partial charge in [-0.25, -0.2) is 0 Å². The largest absolute Gasteiger partial charge is 0.396 e. The van der Waals surface area contributed by atoms with Crippen molar-refractivity contribution in [1.82, 2.24) is 5.32 Å². The van der Waals surface area contributed by atoms with Gasteiger partial charge in [-0.1, -0.05) is 18.9 Å². The van der Waals surface area contributed by atoms with E-state index in [1.807, 2.05) is 11.4 Å². The van der Waals surface area contributed by atoms with Crippen molar-refractivity contribution in [2.24, 2.45) is 5.92 Å². The van der Waals surface area contributed by atoms with E-state index >= 15 is 0 Å². The number of carbonyl (C=O) groups is 1. The molecule has 1 aromatic heterocycles. The average Bonchev–Trinajstić information content (AvgIpc) is 2.90. The number of rotatable bonds is 5. The molecule has 1 heterocycles. The maximum atomic E-state index is 11.9. The number of aliphatic hydroxyl groups is 1. The summed E-state index contributed by atoms with van der Waals surface area (Å²) in [5, 5.41) is 14.4.